The summed E-state index contributed by atoms with van der Waals surface area (Å²) in [5, 5.41) is 0. The van der Waals surface area contributed by atoms with Crippen LogP contribution in [0.1, 0.15) is 33.1 Å². The number of hydrogen-bond donors (Lipinski definition) is 0. The zero-order valence-corrected chi connectivity index (χ0v) is 11.5. The Morgan fingerprint density at radius 3 is 2.72 bits per heavy atom. The second-order valence-corrected chi connectivity index (χ2v) is 4.68. The Bertz CT molecular complexity index is 293. The van der Waals surface area contributed by atoms with E-state index in [0.717, 1.165) is 25.8 Å². The molecule has 0 aliphatic carbocycles. The minimum atomic E-state index is -0.233. The molecule has 1 saturated heterocycles. The van der Waals surface area contributed by atoms with Crippen molar-refractivity contribution in [2.75, 3.05) is 26.8 Å². The number of carbonyl (C=O) groups is 2. The molecule has 2 atom stereocenters. The molecule has 0 bridgehead atoms. The third kappa shape index (κ3) is 3.98. The third-order valence-electron chi connectivity index (χ3n) is 3.28. The predicted octanol–water partition coefficient (Wildman–Crippen LogP) is 1.21. The Hall–Kier alpha value is -1.10. The minimum absolute atomic E-state index is 0.172. The van der Waals surface area contributed by atoms with E-state index in [4.69, 9.17) is 9.47 Å². The number of methoxy groups -OCH3 is 1. The fourth-order valence-electron chi connectivity index (χ4n) is 2.34. The molecule has 0 unspecified atom stereocenters. The molecule has 0 aromatic carbocycles. The first-order valence-corrected chi connectivity index (χ1v) is 6.58. The number of piperidine rings is 1. The largest absolute Gasteiger partial charge is 0.469 e. The van der Waals surface area contributed by atoms with Crippen LogP contribution >= 0.6 is 0 Å². The third-order valence-corrected chi connectivity index (χ3v) is 3.28. The van der Waals surface area contributed by atoms with Crippen molar-refractivity contribution in [3.63, 3.8) is 0 Å². The van der Waals surface area contributed by atoms with Gasteiger partial charge in [0.25, 0.3) is 0 Å². The molecule has 1 heterocycles. The molecule has 1 aliphatic rings. The van der Waals surface area contributed by atoms with Gasteiger partial charge in [-0.2, -0.15) is 0 Å². The lowest BCUT2D eigenvalue weighted by Gasteiger charge is -2.35. The first-order valence-electron chi connectivity index (χ1n) is 6.58. The van der Waals surface area contributed by atoms with E-state index in [1.807, 2.05) is 18.7 Å². The van der Waals surface area contributed by atoms with Crippen LogP contribution in [-0.4, -0.2) is 49.7 Å². The van der Waals surface area contributed by atoms with Gasteiger partial charge in [0.05, 0.1) is 19.6 Å². The molecule has 1 fully saturated rings. The summed E-state index contributed by atoms with van der Waals surface area (Å²) < 4.78 is 9.80. The average molecular weight is 257 g/mol. The summed E-state index contributed by atoms with van der Waals surface area (Å²) in [6.07, 6.45) is 2.91. The topological polar surface area (TPSA) is 55.8 Å². The minimum Gasteiger partial charge on any atom is -0.469 e. The van der Waals surface area contributed by atoms with E-state index < -0.39 is 0 Å². The Labute approximate surface area is 108 Å². The second-order valence-electron chi connectivity index (χ2n) is 4.68. The molecule has 0 amide bonds. The molecule has 0 saturated carbocycles. The molecule has 0 spiro atoms. The van der Waals surface area contributed by atoms with Gasteiger partial charge >= 0.3 is 11.9 Å². The van der Waals surface area contributed by atoms with Crippen LogP contribution in [0.5, 0.6) is 0 Å². The van der Waals surface area contributed by atoms with Crippen molar-refractivity contribution < 1.29 is 19.1 Å². The van der Waals surface area contributed by atoms with Crippen LogP contribution < -0.4 is 0 Å². The number of nitrogens with zero attached hydrogens (tertiary/aromatic N) is 1. The van der Waals surface area contributed by atoms with E-state index in [2.05, 4.69) is 0 Å². The zero-order chi connectivity index (χ0) is 13.5. The molecule has 18 heavy (non-hydrogen) atoms. The summed E-state index contributed by atoms with van der Waals surface area (Å²) >= 11 is 0. The lowest BCUT2D eigenvalue weighted by atomic mass is 10.00. The molecule has 0 aromatic heterocycles. The van der Waals surface area contributed by atoms with E-state index in [-0.39, 0.29) is 23.9 Å². The normalized spacial score (nSPS) is 22.3. The highest BCUT2D eigenvalue weighted by molar-refractivity contribution is 5.76. The van der Waals surface area contributed by atoms with Crippen LogP contribution in [-0.2, 0) is 19.1 Å². The van der Waals surface area contributed by atoms with Crippen molar-refractivity contribution in [1.29, 1.82) is 0 Å². The summed E-state index contributed by atoms with van der Waals surface area (Å²) in [4.78, 5) is 25.3. The number of carbonyl (C=O) groups excluding carboxylic acids is 2. The molecule has 0 aromatic rings. The van der Waals surface area contributed by atoms with Crippen LogP contribution in [0.15, 0.2) is 0 Å². The summed E-state index contributed by atoms with van der Waals surface area (Å²) in [6, 6.07) is -0.203. The van der Waals surface area contributed by atoms with Gasteiger partial charge in [0.15, 0.2) is 0 Å². The smallest absolute Gasteiger partial charge is 0.323 e. The van der Waals surface area contributed by atoms with Crippen molar-refractivity contribution in [2.24, 2.45) is 5.92 Å². The van der Waals surface area contributed by atoms with Crippen LogP contribution in [0, 0.1) is 5.92 Å². The van der Waals surface area contributed by atoms with Crippen molar-refractivity contribution in [3.8, 4) is 0 Å². The number of hydrogen-bond acceptors (Lipinski definition) is 5. The van der Waals surface area contributed by atoms with Gasteiger partial charge in [-0.05, 0) is 26.3 Å². The van der Waals surface area contributed by atoms with Gasteiger partial charge in [-0.1, -0.05) is 13.3 Å². The second kappa shape index (κ2) is 7.36. The zero-order valence-electron chi connectivity index (χ0n) is 11.5. The maximum absolute atomic E-state index is 11.8. The first kappa shape index (κ1) is 15.0. The molecule has 0 N–H and O–H groups in total. The van der Waals surface area contributed by atoms with Crippen LogP contribution in [0.3, 0.4) is 0 Å². The fourth-order valence-corrected chi connectivity index (χ4v) is 2.34. The molecule has 1 aliphatic heterocycles. The van der Waals surface area contributed by atoms with E-state index in [1.165, 1.54) is 7.11 Å². The Kier molecular flexibility index (Phi) is 6.12. The van der Waals surface area contributed by atoms with E-state index >= 15 is 0 Å². The number of ether oxygens (including phenoxy) is 2. The van der Waals surface area contributed by atoms with Gasteiger partial charge < -0.3 is 9.47 Å². The van der Waals surface area contributed by atoms with Gasteiger partial charge in [-0.15, -0.1) is 0 Å². The summed E-state index contributed by atoms with van der Waals surface area (Å²) in [5.74, 6) is -0.623. The lowest BCUT2D eigenvalue weighted by molar-refractivity contribution is -0.153. The van der Waals surface area contributed by atoms with E-state index in [1.54, 1.807) is 0 Å². The summed E-state index contributed by atoms with van der Waals surface area (Å²) in [5.41, 5.74) is 0. The van der Waals surface area contributed by atoms with Gasteiger partial charge in [-0.3, -0.25) is 14.5 Å². The highest BCUT2D eigenvalue weighted by Crippen LogP contribution is 2.19. The molecule has 0 radical (unpaired) electrons. The monoisotopic (exact) mass is 257 g/mol. The predicted molar refractivity (Wildman–Crippen MR) is 67.0 cm³/mol. The van der Waals surface area contributed by atoms with E-state index in [0.29, 0.717) is 13.2 Å². The van der Waals surface area contributed by atoms with Crippen LogP contribution in [0.2, 0.25) is 0 Å². The highest BCUT2D eigenvalue weighted by Gasteiger charge is 2.31. The molecule has 104 valence electrons. The molecular weight excluding hydrogens is 234 g/mol. The molecule has 1 rings (SSSR count). The Balaban J connectivity index is 2.59. The van der Waals surface area contributed by atoms with Gasteiger partial charge in [0, 0.05) is 6.54 Å². The molecule has 5 heteroatoms. The average Bonchev–Trinajstić information content (AvgIpc) is 2.38. The van der Waals surface area contributed by atoms with Gasteiger partial charge in [-0.25, -0.2) is 0 Å². The summed E-state index contributed by atoms with van der Waals surface area (Å²) in [6.45, 7) is 5.42. The molecule has 5 nitrogen and oxygen atoms in total. The summed E-state index contributed by atoms with van der Waals surface area (Å²) in [7, 11) is 1.39. The van der Waals surface area contributed by atoms with Crippen molar-refractivity contribution in [3.05, 3.63) is 0 Å². The number of esters is 2. The Morgan fingerprint density at radius 1 is 1.39 bits per heavy atom. The van der Waals surface area contributed by atoms with E-state index in [9.17, 15) is 9.59 Å². The maximum Gasteiger partial charge on any atom is 0.323 e. The highest BCUT2D eigenvalue weighted by atomic mass is 16.5. The van der Waals surface area contributed by atoms with Crippen molar-refractivity contribution >= 4 is 11.9 Å². The maximum atomic E-state index is 11.8. The fraction of sp³-hybridized carbons (Fsp3) is 0.846. The quantitative estimate of drug-likeness (QED) is 0.693. The van der Waals surface area contributed by atoms with Crippen molar-refractivity contribution in [1.82, 2.24) is 4.90 Å². The van der Waals surface area contributed by atoms with Gasteiger partial charge in [0.1, 0.15) is 6.04 Å². The van der Waals surface area contributed by atoms with Gasteiger partial charge in [0.2, 0.25) is 0 Å². The Morgan fingerprint density at radius 2 is 2.11 bits per heavy atom. The van der Waals surface area contributed by atoms with Crippen LogP contribution in [0.4, 0.5) is 0 Å². The van der Waals surface area contributed by atoms with Crippen molar-refractivity contribution in [2.45, 2.75) is 39.2 Å². The number of likely N-dealkylation sites (tertiary alicyclic amines) is 1. The molecular formula is C13H23NO4. The van der Waals surface area contributed by atoms with Crippen LogP contribution in [0.25, 0.3) is 0 Å². The standard InChI is InChI=1S/C13H23NO4/c1-4-18-13(16)11-7-5-6-8-14(11)9-10(2)12(15)17-3/h10-11H,4-9H2,1-3H3/t10-,11+/m1/s1. The SMILES string of the molecule is CCOC(=O)[C@@H]1CCCCN1C[C@@H](C)C(=O)OC. The number of rotatable bonds is 5. The first-order chi connectivity index (χ1) is 8.60. The lowest BCUT2D eigenvalue weighted by Crippen LogP contribution is -2.48.